The number of hydrogen-bond donors (Lipinski definition) is 1. The molecule has 1 aliphatic rings. The van der Waals surface area contributed by atoms with Gasteiger partial charge in [-0.05, 0) is 34.9 Å². The minimum Gasteiger partial charge on any atom is -0.353 e. The van der Waals surface area contributed by atoms with Crippen molar-refractivity contribution in [3.63, 3.8) is 0 Å². The van der Waals surface area contributed by atoms with Crippen molar-refractivity contribution in [3.05, 3.63) is 35.4 Å². The molecule has 1 aromatic heterocycles. The van der Waals surface area contributed by atoms with E-state index in [-0.39, 0.29) is 6.04 Å². The van der Waals surface area contributed by atoms with E-state index in [1.54, 1.807) is 0 Å². The fourth-order valence-electron chi connectivity index (χ4n) is 2.21. The van der Waals surface area contributed by atoms with Gasteiger partial charge in [-0.1, -0.05) is 29.4 Å². The maximum absolute atomic E-state index is 4.05. The predicted octanol–water partition coefficient (Wildman–Crippen LogP) is 1.39. The zero-order valence-corrected chi connectivity index (χ0v) is 9.09. The number of nitrogens with one attached hydrogen (secondary N) is 1. The van der Waals surface area contributed by atoms with Crippen molar-refractivity contribution in [2.24, 2.45) is 0 Å². The molecule has 5 nitrogen and oxygen atoms in total. The first-order valence-electron chi connectivity index (χ1n) is 5.43. The van der Waals surface area contributed by atoms with Gasteiger partial charge >= 0.3 is 0 Å². The molecule has 2 aromatic rings. The highest BCUT2D eigenvalue weighted by Crippen LogP contribution is 2.28. The van der Waals surface area contributed by atoms with Crippen LogP contribution >= 0.6 is 0 Å². The van der Waals surface area contributed by atoms with Gasteiger partial charge < -0.3 is 5.32 Å². The van der Waals surface area contributed by atoms with Gasteiger partial charge in [-0.15, -0.1) is 0 Å². The van der Waals surface area contributed by atoms with E-state index < -0.39 is 0 Å². The monoisotopic (exact) mass is 215 g/mol. The maximum atomic E-state index is 4.05. The van der Waals surface area contributed by atoms with E-state index in [2.05, 4.69) is 52.0 Å². The Balaban J connectivity index is 2.08. The van der Waals surface area contributed by atoms with Gasteiger partial charge in [0.25, 0.3) is 0 Å². The Hall–Kier alpha value is -1.91. The molecule has 5 heteroatoms. The first-order valence-corrected chi connectivity index (χ1v) is 5.43. The summed E-state index contributed by atoms with van der Waals surface area (Å²) in [5, 5.41) is 14.9. The highest BCUT2D eigenvalue weighted by Gasteiger charge is 2.24. The molecule has 1 aliphatic heterocycles. The molecule has 0 amide bonds. The van der Waals surface area contributed by atoms with E-state index in [1.165, 1.54) is 11.1 Å². The molecule has 0 saturated heterocycles. The van der Waals surface area contributed by atoms with Crippen LogP contribution in [0.1, 0.15) is 23.6 Å². The summed E-state index contributed by atoms with van der Waals surface area (Å²) >= 11 is 0. The Morgan fingerprint density at radius 2 is 2.25 bits per heavy atom. The van der Waals surface area contributed by atoms with Crippen LogP contribution in [0.15, 0.2) is 24.3 Å². The van der Waals surface area contributed by atoms with Crippen LogP contribution in [0.25, 0.3) is 0 Å². The zero-order valence-electron chi connectivity index (χ0n) is 9.09. The first-order chi connectivity index (χ1) is 7.86. The fourth-order valence-corrected chi connectivity index (χ4v) is 2.21. The molecule has 3 rings (SSSR count). The van der Waals surface area contributed by atoms with Crippen LogP contribution in [0.4, 0.5) is 5.95 Å². The molecule has 0 aliphatic carbocycles. The lowest BCUT2D eigenvalue weighted by Gasteiger charge is -2.24. The van der Waals surface area contributed by atoms with Crippen LogP contribution in [0.2, 0.25) is 0 Å². The van der Waals surface area contributed by atoms with Crippen LogP contribution in [0.5, 0.6) is 0 Å². The van der Waals surface area contributed by atoms with E-state index in [0.717, 1.165) is 18.9 Å². The Labute approximate surface area is 93.5 Å². The second-order valence-corrected chi connectivity index (χ2v) is 4.03. The minimum absolute atomic E-state index is 0.257. The second kappa shape index (κ2) is 3.59. The van der Waals surface area contributed by atoms with E-state index >= 15 is 0 Å². The topological polar surface area (TPSA) is 55.6 Å². The van der Waals surface area contributed by atoms with Crippen LogP contribution in [0, 0.1) is 6.92 Å². The zero-order chi connectivity index (χ0) is 11.0. The minimum atomic E-state index is 0.257. The Morgan fingerprint density at radius 1 is 1.38 bits per heavy atom. The summed E-state index contributed by atoms with van der Waals surface area (Å²) in [7, 11) is 0. The third kappa shape index (κ3) is 1.36. The van der Waals surface area contributed by atoms with Gasteiger partial charge in [0.05, 0.1) is 6.04 Å². The van der Waals surface area contributed by atoms with Crippen molar-refractivity contribution in [1.82, 2.24) is 20.2 Å². The Morgan fingerprint density at radius 3 is 3.12 bits per heavy atom. The van der Waals surface area contributed by atoms with E-state index in [1.807, 2.05) is 4.68 Å². The standard InChI is InChI=1S/C11H13N5/c1-8-4-2-3-5-9(8)10-6-7-12-11-13-14-15-16(10)11/h2-5,10H,6-7H2,1H3,(H,12,13,15). The molecule has 1 aromatic carbocycles. The van der Waals surface area contributed by atoms with Crippen molar-refractivity contribution >= 4 is 5.95 Å². The lowest BCUT2D eigenvalue weighted by atomic mass is 9.98. The van der Waals surface area contributed by atoms with Crippen molar-refractivity contribution in [2.45, 2.75) is 19.4 Å². The number of benzene rings is 1. The summed E-state index contributed by atoms with van der Waals surface area (Å²) in [6.07, 6.45) is 1.02. The molecule has 0 bridgehead atoms. The summed E-state index contributed by atoms with van der Waals surface area (Å²) in [5.41, 5.74) is 2.59. The largest absolute Gasteiger partial charge is 0.353 e. The molecule has 1 atom stereocenters. The van der Waals surface area contributed by atoms with Gasteiger partial charge in [0.15, 0.2) is 0 Å². The van der Waals surface area contributed by atoms with Crippen molar-refractivity contribution in [2.75, 3.05) is 11.9 Å². The molecule has 1 unspecified atom stereocenters. The number of aromatic nitrogens is 4. The summed E-state index contributed by atoms with van der Waals surface area (Å²) in [5.74, 6) is 0.763. The third-order valence-corrected chi connectivity index (χ3v) is 3.04. The molecule has 1 N–H and O–H groups in total. The number of fused-ring (bicyclic) bond motifs is 1. The van der Waals surface area contributed by atoms with Crippen molar-refractivity contribution in [3.8, 4) is 0 Å². The second-order valence-electron chi connectivity index (χ2n) is 4.03. The number of anilines is 1. The summed E-state index contributed by atoms with van der Waals surface area (Å²) in [4.78, 5) is 0. The quantitative estimate of drug-likeness (QED) is 0.781. The average molecular weight is 215 g/mol. The summed E-state index contributed by atoms with van der Waals surface area (Å²) < 4.78 is 1.87. The van der Waals surface area contributed by atoms with E-state index in [9.17, 15) is 0 Å². The molecule has 16 heavy (non-hydrogen) atoms. The number of hydrogen-bond acceptors (Lipinski definition) is 4. The molecule has 82 valence electrons. The van der Waals surface area contributed by atoms with Crippen molar-refractivity contribution in [1.29, 1.82) is 0 Å². The first kappa shape index (κ1) is 9.33. The van der Waals surface area contributed by atoms with Gasteiger partial charge in [0.1, 0.15) is 0 Å². The lowest BCUT2D eigenvalue weighted by Crippen LogP contribution is -2.25. The fraction of sp³-hybridized carbons (Fsp3) is 0.364. The van der Waals surface area contributed by atoms with Gasteiger partial charge in [0, 0.05) is 6.54 Å². The smallest absolute Gasteiger partial charge is 0.243 e. The van der Waals surface area contributed by atoms with Gasteiger partial charge in [-0.25, -0.2) is 4.68 Å². The van der Waals surface area contributed by atoms with Crippen LogP contribution < -0.4 is 5.32 Å². The Bertz CT molecular complexity index is 505. The van der Waals surface area contributed by atoms with E-state index in [4.69, 9.17) is 0 Å². The van der Waals surface area contributed by atoms with Crippen LogP contribution in [-0.2, 0) is 0 Å². The van der Waals surface area contributed by atoms with Crippen LogP contribution in [-0.4, -0.2) is 26.8 Å². The summed E-state index contributed by atoms with van der Waals surface area (Å²) in [6, 6.07) is 8.65. The number of nitrogens with zero attached hydrogens (tertiary/aromatic N) is 4. The maximum Gasteiger partial charge on any atom is 0.243 e. The Kier molecular flexibility index (Phi) is 2.09. The average Bonchev–Trinajstić information content (AvgIpc) is 2.77. The molecule has 0 saturated carbocycles. The molecular formula is C11H13N5. The van der Waals surface area contributed by atoms with Gasteiger partial charge in [-0.2, -0.15) is 0 Å². The molecule has 0 radical (unpaired) electrons. The molecule has 0 fully saturated rings. The molecular weight excluding hydrogens is 202 g/mol. The van der Waals surface area contributed by atoms with Gasteiger partial charge in [-0.3, -0.25) is 0 Å². The molecule has 2 heterocycles. The third-order valence-electron chi connectivity index (χ3n) is 3.04. The van der Waals surface area contributed by atoms with Crippen molar-refractivity contribution < 1.29 is 0 Å². The highest BCUT2D eigenvalue weighted by molar-refractivity contribution is 5.34. The number of tetrazole rings is 1. The van der Waals surface area contributed by atoms with E-state index in [0.29, 0.717) is 0 Å². The van der Waals surface area contributed by atoms with Gasteiger partial charge in [0.2, 0.25) is 5.95 Å². The SMILES string of the molecule is Cc1ccccc1C1CCNc2nnnn21. The highest BCUT2D eigenvalue weighted by atomic mass is 15.6. The van der Waals surface area contributed by atoms with Crippen LogP contribution in [0.3, 0.4) is 0 Å². The number of aryl methyl sites for hydroxylation is 1. The number of rotatable bonds is 1. The lowest BCUT2D eigenvalue weighted by molar-refractivity contribution is 0.467. The normalized spacial score (nSPS) is 18.9. The summed E-state index contributed by atoms with van der Waals surface area (Å²) in [6.45, 7) is 3.04. The molecule has 0 spiro atoms. The predicted molar refractivity (Wildman–Crippen MR) is 60.2 cm³/mol.